The van der Waals surface area contributed by atoms with Gasteiger partial charge in [-0.05, 0) is 19.1 Å². The summed E-state index contributed by atoms with van der Waals surface area (Å²) >= 11 is 1.15. The van der Waals surface area contributed by atoms with Crippen molar-refractivity contribution in [2.24, 2.45) is 4.99 Å². The molecule has 1 saturated heterocycles. The van der Waals surface area contributed by atoms with Crippen LogP contribution in [0.3, 0.4) is 0 Å². The Morgan fingerprint density at radius 1 is 1.48 bits per heavy atom. The fourth-order valence-electron chi connectivity index (χ4n) is 2.34. The zero-order valence-corrected chi connectivity index (χ0v) is 15.9. The van der Waals surface area contributed by atoms with E-state index in [1.807, 2.05) is 6.92 Å². The molecule has 0 aliphatic carbocycles. The van der Waals surface area contributed by atoms with E-state index in [0.29, 0.717) is 17.5 Å². The van der Waals surface area contributed by atoms with Gasteiger partial charge in [-0.1, -0.05) is 11.8 Å². The van der Waals surface area contributed by atoms with Crippen LogP contribution in [0.1, 0.15) is 13.3 Å². The number of ether oxygens (including phenoxy) is 2. The van der Waals surface area contributed by atoms with Crippen LogP contribution in [0.25, 0.3) is 0 Å². The van der Waals surface area contributed by atoms with Crippen LogP contribution < -0.4 is 15.4 Å². The average Bonchev–Trinajstić information content (AvgIpc) is 2.94. The first-order valence-electron chi connectivity index (χ1n) is 8.00. The number of hydrogen-bond donors (Lipinski definition) is 2. The lowest BCUT2D eigenvalue weighted by atomic mass is 10.2. The Morgan fingerprint density at radius 3 is 2.85 bits per heavy atom. The number of anilines is 1. The van der Waals surface area contributed by atoms with Gasteiger partial charge in [0.2, 0.25) is 11.8 Å². The number of benzene rings is 1. The van der Waals surface area contributed by atoms with Crippen LogP contribution in [0.15, 0.2) is 23.2 Å². The van der Waals surface area contributed by atoms with Crippen molar-refractivity contribution in [3.8, 4) is 5.75 Å². The second-order valence-electron chi connectivity index (χ2n) is 5.73. The summed E-state index contributed by atoms with van der Waals surface area (Å²) in [5.41, 5.74) is -0.251. The summed E-state index contributed by atoms with van der Waals surface area (Å²) in [6.07, 6.45) is -0.142. The third kappa shape index (κ3) is 5.66. The van der Waals surface area contributed by atoms with Crippen LogP contribution in [0.5, 0.6) is 5.75 Å². The highest BCUT2D eigenvalue weighted by Crippen LogP contribution is 2.30. The van der Waals surface area contributed by atoms with Crippen molar-refractivity contribution in [3.63, 3.8) is 0 Å². The lowest BCUT2D eigenvalue weighted by Crippen LogP contribution is -2.28. The first kappa shape index (κ1) is 20.6. The minimum atomic E-state index is -0.657. The van der Waals surface area contributed by atoms with Gasteiger partial charge in [-0.25, -0.2) is 0 Å². The van der Waals surface area contributed by atoms with Crippen LogP contribution in [0, 0.1) is 10.1 Å². The summed E-state index contributed by atoms with van der Waals surface area (Å²) < 4.78 is 9.94. The summed E-state index contributed by atoms with van der Waals surface area (Å²) in [7, 11) is 2.95. The minimum absolute atomic E-state index is 0.0387. The molecule has 0 saturated carbocycles. The molecule has 1 heterocycles. The highest BCUT2D eigenvalue weighted by Gasteiger charge is 2.32. The molecular formula is C16H20N4O6S. The van der Waals surface area contributed by atoms with Gasteiger partial charge in [-0.2, -0.15) is 0 Å². The van der Waals surface area contributed by atoms with Crippen LogP contribution in [-0.4, -0.2) is 54.0 Å². The Morgan fingerprint density at radius 2 is 2.22 bits per heavy atom. The second kappa shape index (κ2) is 9.33. The molecule has 10 nitrogen and oxygen atoms in total. The molecule has 2 rings (SSSR count). The van der Waals surface area contributed by atoms with Crippen LogP contribution in [-0.2, 0) is 14.3 Å². The normalized spacial score (nSPS) is 18.9. The van der Waals surface area contributed by atoms with Crippen molar-refractivity contribution in [1.82, 2.24) is 5.32 Å². The number of aliphatic imine (C=N–C) groups is 1. The van der Waals surface area contributed by atoms with E-state index in [1.165, 1.54) is 25.3 Å². The molecule has 0 radical (unpaired) electrons. The molecule has 2 amide bonds. The quantitative estimate of drug-likeness (QED) is 0.503. The number of rotatable bonds is 8. The maximum atomic E-state index is 12.3. The third-order valence-corrected chi connectivity index (χ3v) is 4.66. The van der Waals surface area contributed by atoms with E-state index in [9.17, 15) is 19.7 Å². The zero-order valence-electron chi connectivity index (χ0n) is 15.1. The van der Waals surface area contributed by atoms with E-state index in [4.69, 9.17) is 9.47 Å². The molecule has 0 aromatic heterocycles. The van der Waals surface area contributed by atoms with E-state index in [2.05, 4.69) is 15.6 Å². The smallest absolute Gasteiger partial charge is 0.296 e. The van der Waals surface area contributed by atoms with E-state index >= 15 is 0 Å². The Hall–Kier alpha value is -2.66. The molecule has 146 valence electrons. The first-order chi connectivity index (χ1) is 12.8. The second-order valence-corrected chi connectivity index (χ2v) is 6.92. The van der Waals surface area contributed by atoms with Gasteiger partial charge in [0.25, 0.3) is 5.69 Å². The zero-order chi connectivity index (χ0) is 20.0. The predicted molar refractivity (Wildman–Crippen MR) is 101 cm³/mol. The van der Waals surface area contributed by atoms with Crippen molar-refractivity contribution < 1.29 is 24.0 Å². The number of nitro benzene ring substituents is 1. The maximum absolute atomic E-state index is 12.3. The Kier molecular flexibility index (Phi) is 7.13. The molecule has 27 heavy (non-hydrogen) atoms. The number of amidine groups is 1. The molecule has 1 aromatic carbocycles. The van der Waals surface area contributed by atoms with E-state index in [1.54, 1.807) is 7.11 Å². The Balaban J connectivity index is 2.02. The molecule has 0 bridgehead atoms. The minimum Gasteiger partial charge on any atom is -0.496 e. The number of methoxy groups -OCH3 is 2. The summed E-state index contributed by atoms with van der Waals surface area (Å²) in [6.45, 7) is 2.25. The predicted octanol–water partition coefficient (Wildman–Crippen LogP) is 1.55. The Bertz CT molecular complexity index is 769. The number of thioether (sulfide) groups is 1. The Labute approximate surface area is 159 Å². The highest BCUT2D eigenvalue weighted by molar-refractivity contribution is 8.15. The van der Waals surface area contributed by atoms with Crippen molar-refractivity contribution >= 4 is 40.1 Å². The molecule has 2 unspecified atom stereocenters. The summed E-state index contributed by atoms with van der Waals surface area (Å²) in [4.78, 5) is 39.1. The molecule has 11 heteroatoms. The lowest BCUT2D eigenvalue weighted by molar-refractivity contribution is -0.384. The van der Waals surface area contributed by atoms with Gasteiger partial charge < -0.3 is 20.1 Å². The van der Waals surface area contributed by atoms with E-state index in [0.717, 1.165) is 11.8 Å². The maximum Gasteiger partial charge on any atom is 0.296 e. The van der Waals surface area contributed by atoms with Gasteiger partial charge >= 0.3 is 0 Å². The molecule has 1 aliphatic heterocycles. The fourth-order valence-corrected chi connectivity index (χ4v) is 3.41. The lowest BCUT2D eigenvalue weighted by Gasteiger charge is -2.09. The van der Waals surface area contributed by atoms with Crippen molar-refractivity contribution in [2.45, 2.75) is 24.6 Å². The van der Waals surface area contributed by atoms with Crippen LogP contribution in [0.4, 0.5) is 11.4 Å². The summed E-state index contributed by atoms with van der Waals surface area (Å²) in [6, 6.07) is 3.97. The topological polar surface area (TPSA) is 132 Å². The SMILES string of the molecule is COCC(C)N=C1NC(=O)C(CC(=O)Nc2ccc(OC)cc2[N+](=O)[O-])S1. The number of nitro groups is 1. The number of nitrogens with zero attached hydrogens (tertiary/aromatic N) is 2. The number of hydrogen-bond acceptors (Lipinski definition) is 8. The van der Waals surface area contributed by atoms with Gasteiger partial charge in [0.1, 0.15) is 16.7 Å². The molecule has 1 fully saturated rings. The van der Waals surface area contributed by atoms with E-state index < -0.39 is 16.1 Å². The monoisotopic (exact) mass is 396 g/mol. The fraction of sp³-hybridized carbons (Fsp3) is 0.438. The number of amides is 2. The number of nitrogens with one attached hydrogen (secondary N) is 2. The molecule has 1 aromatic rings. The first-order valence-corrected chi connectivity index (χ1v) is 8.88. The number of carbonyl (C=O) groups is 2. The molecule has 2 atom stereocenters. The summed E-state index contributed by atoms with van der Waals surface area (Å²) in [5.74, 6) is -0.540. The third-order valence-electron chi connectivity index (χ3n) is 3.57. The van der Waals surface area contributed by atoms with Gasteiger partial charge in [-0.3, -0.25) is 24.7 Å². The van der Waals surface area contributed by atoms with Crippen LogP contribution in [0.2, 0.25) is 0 Å². The standard InChI is InChI=1S/C16H20N4O6S/c1-9(8-25-2)17-16-19-15(22)13(27-16)7-14(21)18-11-5-4-10(26-3)6-12(11)20(23)24/h4-6,9,13H,7-8H2,1-3H3,(H,18,21)(H,17,19,22). The molecular weight excluding hydrogens is 376 g/mol. The van der Waals surface area contributed by atoms with Gasteiger partial charge in [-0.15, -0.1) is 0 Å². The molecule has 1 aliphatic rings. The van der Waals surface area contributed by atoms with Gasteiger partial charge in [0, 0.05) is 13.5 Å². The van der Waals surface area contributed by atoms with Crippen molar-refractivity contribution in [1.29, 1.82) is 0 Å². The highest BCUT2D eigenvalue weighted by atomic mass is 32.2. The van der Waals surface area contributed by atoms with E-state index in [-0.39, 0.29) is 29.7 Å². The largest absolute Gasteiger partial charge is 0.496 e. The van der Waals surface area contributed by atoms with Crippen LogP contribution >= 0.6 is 11.8 Å². The van der Waals surface area contributed by atoms with Crippen molar-refractivity contribution in [2.75, 3.05) is 26.1 Å². The average molecular weight is 396 g/mol. The van der Waals surface area contributed by atoms with Crippen molar-refractivity contribution in [3.05, 3.63) is 28.3 Å². The van der Waals surface area contributed by atoms with Gasteiger partial charge in [0.15, 0.2) is 5.17 Å². The molecule has 0 spiro atoms. The summed E-state index contributed by atoms with van der Waals surface area (Å²) in [5, 5.41) is 16.0. The molecule has 2 N–H and O–H groups in total. The number of carbonyl (C=O) groups excluding carboxylic acids is 2. The van der Waals surface area contributed by atoms with Gasteiger partial charge in [0.05, 0.1) is 30.7 Å².